The Bertz CT molecular complexity index is 761. The SMILES string of the molecule is CCNC(=NCc1ccccc1[N+](=O)[O-])N1CCN(c2cccs2)CC1.I. The van der Waals surface area contributed by atoms with Crippen molar-refractivity contribution in [3.8, 4) is 0 Å². The van der Waals surface area contributed by atoms with Gasteiger partial charge in [0, 0.05) is 38.8 Å². The molecular formula is C18H24IN5O2S. The number of nitro benzene ring substituents is 1. The first-order valence-corrected chi connectivity index (χ1v) is 9.61. The van der Waals surface area contributed by atoms with Crippen molar-refractivity contribution in [2.75, 3.05) is 37.6 Å². The lowest BCUT2D eigenvalue weighted by Crippen LogP contribution is -2.52. The van der Waals surface area contributed by atoms with Gasteiger partial charge in [0.1, 0.15) is 0 Å². The van der Waals surface area contributed by atoms with E-state index in [1.165, 1.54) is 11.1 Å². The third-order valence-corrected chi connectivity index (χ3v) is 5.25. The fourth-order valence-corrected chi connectivity index (χ4v) is 3.78. The number of halogens is 1. The highest BCUT2D eigenvalue weighted by Gasteiger charge is 2.20. The van der Waals surface area contributed by atoms with Gasteiger partial charge in [-0.05, 0) is 24.4 Å². The van der Waals surface area contributed by atoms with Crippen LogP contribution in [0.1, 0.15) is 12.5 Å². The van der Waals surface area contributed by atoms with Crippen molar-refractivity contribution < 1.29 is 4.92 Å². The largest absolute Gasteiger partial charge is 0.360 e. The highest BCUT2D eigenvalue weighted by atomic mass is 127. The van der Waals surface area contributed by atoms with E-state index in [2.05, 4.69) is 37.6 Å². The van der Waals surface area contributed by atoms with Crippen LogP contribution < -0.4 is 10.2 Å². The molecule has 9 heteroatoms. The van der Waals surface area contributed by atoms with Crippen molar-refractivity contribution in [3.63, 3.8) is 0 Å². The Hall–Kier alpha value is -1.88. The van der Waals surface area contributed by atoms with Crippen molar-refractivity contribution in [2.45, 2.75) is 13.5 Å². The van der Waals surface area contributed by atoms with Crippen LogP contribution in [0.2, 0.25) is 0 Å². The van der Waals surface area contributed by atoms with Gasteiger partial charge in [0.05, 0.1) is 22.0 Å². The lowest BCUT2D eigenvalue weighted by Gasteiger charge is -2.37. The molecule has 27 heavy (non-hydrogen) atoms. The van der Waals surface area contributed by atoms with Crippen molar-refractivity contribution in [3.05, 3.63) is 57.5 Å². The predicted octanol–water partition coefficient (Wildman–Crippen LogP) is 3.56. The molecule has 1 aliphatic rings. The molecule has 2 aromatic rings. The second-order valence-corrected chi connectivity index (χ2v) is 6.91. The molecule has 1 N–H and O–H groups in total. The molecule has 1 aromatic heterocycles. The van der Waals surface area contributed by atoms with Crippen molar-refractivity contribution in [1.82, 2.24) is 10.2 Å². The van der Waals surface area contributed by atoms with Crippen LogP contribution in [-0.2, 0) is 6.54 Å². The molecule has 0 saturated carbocycles. The number of benzene rings is 1. The van der Waals surface area contributed by atoms with Gasteiger partial charge in [-0.1, -0.05) is 18.2 Å². The van der Waals surface area contributed by atoms with Crippen LogP contribution in [0.15, 0.2) is 46.8 Å². The van der Waals surface area contributed by atoms with Crippen LogP contribution in [0.4, 0.5) is 10.7 Å². The Balaban J connectivity index is 0.00000261. The smallest absolute Gasteiger partial charge is 0.274 e. The van der Waals surface area contributed by atoms with Gasteiger partial charge < -0.3 is 15.1 Å². The summed E-state index contributed by atoms with van der Waals surface area (Å²) >= 11 is 1.76. The van der Waals surface area contributed by atoms with Gasteiger partial charge in [-0.2, -0.15) is 0 Å². The second kappa shape index (κ2) is 10.5. The van der Waals surface area contributed by atoms with Gasteiger partial charge in [-0.25, -0.2) is 4.99 Å². The van der Waals surface area contributed by atoms with Crippen LogP contribution >= 0.6 is 35.3 Å². The average molecular weight is 501 g/mol. The summed E-state index contributed by atoms with van der Waals surface area (Å²) in [4.78, 5) is 20.1. The Morgan fingerprint density at radius 1 is 1.22 bits per heavy atom. The number of hydrogen-bond donors (Lipinski definition) is 1. The summed E-state index contributed by atoms with van der Waals surface area (Å²) in [5.41, 5.74) is 0.750. The Morgan fingerprint density at radius 2 is 1.96 bits per heavy atom. The van der Waals surface area contributed by atoms with E-state index in [9.17, 15) is 10.1 Å². The molecule has 1 fully saturated rings. The molecule has 0 atom stereocenters. The highest BCUT2D eigenvalue weighted by molar-refractivity contribution is 14.0. The van der Waals surface area contributed by atoms with Gasteiger partial charge in [-0.15, -0.1) is 35.3 Å². The third kappa shape index (κ3) is 5.55. The Kier molecular flexibility index (Phi) is 8.29. The van der Waals surface area contributed by atoms with Crippen molar-refractivity contribution in [2.24, 2.45) is 4.99 Å². The number of piperazine rings is 1. The van der Waals surface area contributed by atoms with Crippen LogP contribution in [-0.4, -0.2) is 48.5 Å². The topological polar surface area (TPSA) is 74.0 Å². The standard InChI is InChI=1S/C18H23N5O2S.HI/c1-2-19-18(20-14-15-6-3-4-7-16(15)23(24)25)22-11-9-21(10-12-22)17-8-5-13-26-17;/h3-8,13H,2,9-12,14H2,1H3,(H,19,20);1H. The molecule has 3 rings (SSSR count). The minimum Gasteiger partial charge on any atom is -0.360 e. The number of aliphatic imine (C=N–C) groups is 1. The summed E-state index contributed by atoms with van der Waals surface area (Å²) in [6.45, 7) is 6.72. The van der Waals surface area contributed by atoms with E-state index in [-0.39, 0.29) is 34.6 Å². The monoisotopic (exact) mass is 501 g/mol. The first kappa shape index (κ1) is 21.4. The minimum absolute atomic E-state index is 0. The molecule has 7 nitrogen and oxygen atoms in total. The zero-order valence-electron chi connectivity index (χ0n) is 15.2. The fourth-order valence-electron chi connectivity index (χ4n) is 3.00. The highest BCUT2D eigenvalue weighted by Crippen LogP contribution is 2.22. The zero-order chi connectivity index (χ0) is 18.4. The van der Waals surface area contributed by atoms with E-state index in [0.717, 1.165) is 38.7 Å². The number of guanidine groups is 1. The average Bonchev–Trinajstić information content (AvgIpc) is 3.20. The first-order chi connectivity index (χ1) is 12.7. The molecule has 0 spiro atoms. The van der Waals surface area contributed by atoms with Crippen LogP contribution in [0.5, 0.6) is 0 Å². The van der Waals surface area contributed by atoms with Crippen LogP contribution in [0, 0.1) is 10.1 Å². The molecule has 0 amide bonds. The molecule has 1 saturated heterocycles. The molecule has 1 aliphatic heterocycles. The molecule has 0 bridgehead atoms. The molecule has 2 heterocycles. The number of nitro groups is 1. The fraction of sp³-hybridized carbons (Fsp3) is 0.389. The van der Waals surface area contributed by atoms with Gasteiger partial charge in [0.15, 0.2) is 5.96 Å². The molecule has 146 valence electrons. The Labute approximate surface area is 180 Å². The maximum absolute atomic E-state index is 11.2. The van der Waals surface area contributed by atoms with E-state index in [1.54, 1.807) is 23.5 Å². The lowest BCUT2D eigenvalue weighted by atomic mass is 10.2. The number of nitrogens with zero attached hydrogens (tertiary/aromatic N) is 4. The number of anilines is 1. The lowest BCUT2D eigenvalue weighted by molar-refractivity contribution is -0.385. The van der Waals surface area contributed by atoms with Gasteiger partial charge >= 0.3 is 0 Å². The van der Waals surface area contributed by atoms with Crippen LogP contribution in [0.25, 0.3) is 0 Å². The van der Waals surface area contributed by atoms with E-state index >= 15 is 0 Å². The quantitative estimate of drug-likeness (QED) is 0.223. The molecule has 0 radical (unpaired) electrons. The second-order valence-electron chi connectivity index (χ2n) is 5.98. The zero-order valence-corrected chi connectivity index (χ0v) is 18.4. The molecule has 0 unspecified atom stereocenters. The summed E-state index contributed by atoms with van der Waals surface area (Å²) < 4.78 is 0. The number of rotatable bonds is 5. The van der Waals surface area contributed by atoms with E-state index in [1.807, 2.05) is 13.0 Å². The maximum Gasteiger partial charge on any atom is 0.274 e. The normalized spacial score (nSPS) is 14.6. The summed E-state index contributed by atoms with van der Waals surface area (Å²) in [5.74, 6) is 0.816. The first-order valence-electron chi connectivity index (χ1n) is 8.73. The summed E-state index contributed by atoms with van der Waals surface area (Å²) in [6.07, 6.45) is 0. The maximum atomic E-state index is 11.2. The van der Waals surface area contributed by atoms with Crippen molar-refractivity contribution >= 4 is 52.0 Å². The van der Waals surface area contributed by atoms with Crippen molar-refractivity contribution in [1.29, 1.82) is 0 Å². The summed E-state index contributed by atoms with van der Waals surface area (Å²) in [7, 11) is 0. The third-order valence-electron chi connectivity index (χ3n) is 4.32. The van der Waals surface area contributed by atoms with Gasteiger partial charge in [0.2, 0.25) is 0 Å². The van der Waals surface area contributed by atoms with E-state index in [4.69, 9.17) is 0 Å². The molecule has 0 aliphatic carbocycles. The summed E-state index contributed by atoms with van der Waals surface area (Å²) in [5, 5.41) is 17.9. The molecule has 1 aromatic carbocycles. The number of para-hydroxylation sites is 1. The van der Waals surface area contributed by atoms with Gasteiger partial charge in [-0.3, -0.25) is 10.1 Å². The Morgan fingerprint density at radius 3 is 2.59 bits per heavy atom. The summed E-state index contributed by atoms with van der Waals surface area (Å²) in [6, 6.07) is 11.0. The van der Waals surface area contributed by atoms with Crippen LogP contribution in [0.3, 0.4) is 0 Å². The van der Waals surface area contributed by atoms with E-state index in [0.29, 0.717) is 12.1 Å². The van der Waals surface area contributed by atoms with Gasteiger partial charge in [0.25, 0.3) is 5.69 Å². The number of nitrogens with one attached hydrogen (secondary N) is 1. The van der Waals surface area contributed by atoms with E-state index < -0.39 is 0 Å². The number of thiophene rings is 1. The predicted molar refractivity (Wildman–Crippen MR) is 121 cm³/mol. The minimum atomic E-state index is -0.350. The molecular weight excluding hydrogens is 477 g/mol. The number of hydrogen-bond acceptors (Lipinski definition) is 5.